The fourth-order valence-corrected chi connectivity index (χ4v) is 2.92. The zero-order valence-corrected chi connectivity index (χ0v) is 18.3. The van der Waals surface area contributed by atoms with Gasteiger partial charge in [0, 0.05) is 24.1 Å². The summed E-state index contributed by atoms with van der Waals surface area (Å²) in [4.78, 5) is 36.7. The first-order chi connectivity index (χ1) is 14.1. The first-order valence-corrected chi connectivity index (χ1v) is 10.3. The van der Waals surface area contributed by atoms with Crippen molar-refractivity contribution in [2.45, 2.75) is 47.5 Å². The summed E-state index contributed by atoms with van der Waals surface area (Å²) in [5, 5.41) is 8.57. The predicted molar refractivity (Wildman–Crippen MR) is 122 cm³/mol. The van der Waals surface area contributed by atoms with Crippen LogP contribution in [0.15, 0.2) is 42.5 Å². The normalized spacial score (nSPS) is 10.8. The molecule has 3 N–H and O–H groups in total. The Bertz CT molecular complexity index is 902. The molecule has 0 saturated carbocycles. The number of rotatable bonds is 8. The third-order valence-corrected chi connectivity index (χ3v) is 4.32. The van der Waals surface area contributed by atoms with E-state index in [4.69, 9.17) is 0 Å². The molecule has 0 unspecified atom stereocenters. The van der Waals surface area contributed by atoms with Gasteiger partial charge in [0.1, 0.15) is 0 Å². The molecule has 3 amide bonds. The van der Waals surface area contributed by atoms with Gasteiger partial charge in [-0.2, -0.15) is 0 Å². The molecule has 30 heavy (non-hydrogen) atoms. The fraction of sp³-hybridized carbons (Fsp3) is 0.375. The monoisotopic (exact) mass is 409 g/mol. The Labute approximate surface area is 178 Å². The average Bonchev–Trinajstić information content (AvgIpc) is 2.63. The smallest absolute Gasteiger partial charge is 0.255 e. The van der Waals surface area contributed by atoms with Crippen LogP contribution in [0.2, 0.25) is 0 Å². The molecule has 160 valence electrons. The van der Waals surface area contributed by atoms with Gasteiger partial charge >= 0.3 is 0 Å². The van der Waals surface area contributed by atoms with E-state index < -0.39 is 0 Å². The van der Waals surface area contributed by atoms with Crippen molar-refractivity contribution in [3.05, 3.63) is 53.6 Å². The van der Waals surface area contributed by atoms with Gasteiger partial charge in [0.15, 0.2) is 0 Å². The predicted octanol–water partition coefficient (Wildman–Crippen LogP) is 5.22. The van der Waals surface area contributed by atoms with Gasteiger partial charge in [0.25, 0.3) is 5.91 Å². The van der Waals surface area contributed by atoms with Crippen LogP contribution in [0.4, 0.5) is 17.1 Å². The highest BCUT2D eigenvalue weighted by molar-refractivity contribution is 6.07. The summed E-state index contributed by atoms with van der Waals surface area (Å²) in [6, 6.07) is 12.2. The summed E-state index contributed by atoms with van der Waals surface area (Å²) in [6.45, 7) is 9.85. The highest BCUT2D eigenvalue weighted by Gasteiger charge is 2.13. The van der Waals surface area contributed by atoms with Crippen LogP contribution >= 0.6 is 0 Å². The van der Waals surface area contributed by atoms with E-state index in [0.29, 0.717) is 35.5 Å². The summed E-state index contributed by atoms with van der Waals surface area (Å²) >= 11 is 0. The first kappa shape index (κ1) is 23.1. The number of hydrogen-bond acceptors (Lipinski definition) is 3. The lowest BCUT2D eigenvalue weighted by atomic mass is 10.1. The van der Waals surface area contributed by atoms with Crippen molar-refractivity contribution in [3.63, 3.8) is 0 Å². The third kappa shape index (κ3) is 7.35. The molecule has 0 heterocycles. The molecule has 0 atom stereocenters. The number of anilines is 3. The minimum absolute atomic E-state index is 0.0522. The van der Waals surface area contributed by atoms with Crippen molar-refractivity contribution in [1.82, 2.24) is 0 Å². The Morgan fingerprint density at radius 3 is 1.87 bits per heavy atom. The molecule has 6 heteroatoms. The van der Waals surface area contributed by atoms with Crippen LogP contribution in [-0.4, -0.2) is 17.7 Å². The van der Waals surface area contributed by atoms with Gasteiger partial charge in [0.05, 0.1) is 11.4 Å². The lowest BCUT2D eigenvalue weighted by molar-refractivity contribution is -0.117. The fourth-order valence-electron chi connectivity index (χ4n) is 2.92. The second-order valence-electron chi connectivity index (χ2n) is 8.37. The molecule has 0 aromatic heterocycles. The molecule has 0 bridgehead atoms. The molecule has 0 fully saturated rings. The van der Waals surface area contributed by atoms with Crippen LogP contribution in [0.1, 0.15) is 56.5 Å². The topological polar surface area (TPSA) is 87.3 Å². The van der Waals surface area contributed by atoms with Crippen LogP contribution in [0.5, 0.6) is 0 Å². The van der Waals surface area contributed by atoms with E-state index in [-0.39, 0.29) is 29.6 Å². The number of hydrogen-bond donors (Lipinski definition) is 3. The summed E-state index contributed by atoms with van der Waals surface area (Å²) in [7, 11) is 0. The Hall–Kier alpha value is -3.15. The van der Waals surface area contributed by atoms with E-state index in [1.54, 1.807) is 30.3 Å². The molecule has 6 nitrogen and oxygen atoms in total. The molecule has 2 rings (SSSR count). The van der Waals surface area contributed by atoms with Crippen LogP contribution in [0.3, 0.4) is 0 Å². The standard InChI is InChI=1S/C24H31N3O3/c1-15(2)12-22(28)25-19-9-7-18(8-10-19)24(30)27-20-11-6-17(5)14-21(20)26-23(29)13-16(3)4/h6-11,14-16H,12-13H2,1-5H3,(H,25,28)(H,26,29)(H,27,30). The number of carbonyl (C=O) groups excluding carboxylic acids is 3. The molecule has 2 aromatic carbocycles. The summed E-state index contributed by atoms with van der Waals surface area (Å²) in [6.07, 6.45) is 0.853. The van der Waals surface area contributed by atoms with Crippen LogP contribution in [0, 0.1) is 18.8 Å². The maximum Gasteiger partial charge on any atom is 0.255 e. The molecule has 0 radical (unpaired) electrons. The van der Waals surface area contributed by atoms with Crippen molar-refractivity contribution in [1.29, 1.82) is 0 Å². The van der Waals surface area contributed by atoms with E-state index in [0.717, 1.165) is 5.56 Å². The maximum absolute atomic E-state index is 12.7. The van der Waals surface area contributed by atoms with E-state index in [2.05, 4.69) is 16.0 Å². The maximum atomic E-state index is 12.7. The van der Waals surface area contributed by atoms with Crippen LogP contribution in [0.25, 0.3) is 0 Å². The zero-order valence-electron chi connectivity index (χ0n) is 18.3. The van der Waals surface area contributed by atoms with Gasteiger partial charge in [-0.3, -0.25) is 14.4 Å². The van der Waals surface area contributed by atoms with Crippen molar-refractivity contribution < 1.29 is 14.4 Å². The van der Waals surface area contributed by atoms with Gasteiger partial charge in [-0.25, -0.2) is 0 Å². The molecule has 0 aliphatic rings. The number of benzene rings is 2. The summed E-state index contributed by atoms with van der Waals surface area (Å²) in [5.74, 6) is 0.0849. The first-order valence-electron chi connectivity index (χ1n) is 10.3. The summed E-state index contributed by atoms with van der Waals surface area (Å²) in [5.41, 5.74) is 3.20. The van der Waals surface area contributed by atoms with Crippen LogP contribution in [-0.2, 0) is 9.59 Å². The zero-order chi connectivity index (χ0) is 22.3. The Morgan fingerprint density at radius 1 is 0.733 bits per heavy atom. The Morgan fingerprint density at radius 2 is 1.30 bits per heavy atom. The molecule has 0 aliphatic heterocycles. The molecular formula is C24H31N3O3. The Kier molecular flexibility index (Phi) is 8.16. The Balaban J connectivity index is 2.08. The van der Waals surface area contributed by atoms with Crippen molar-refractivity contribution >= 4 is 34.8 Å². The minimum atomic E-state index is -0.293. The number of nitrogens with one attached hydrogen (secondary N) is 3. The average molecular weight is 410 g/mol. The van der Waals surface area contributed by atoms with E-state index in [9.17, 15) is 14.4 Å². The van der Waals surface area contributed by atoms with Gasteiger partial charge in [0.2, 0.25) is 11.8 Å². The highest BCUT2D eigenvalue weighted by atomic mass is 16.2. The lowest BCUT2D eigenvalue weighted by Crippen LogP contribution is -2.18. The molecule has 0 spiro atoms. The van der Waals surface area contributed by atoms with E-state index >= 15 is 0 Å². The van der Waals surface area contributed by atoms with Gasteiger partial charge in [-0.15, -0.1) is 0 Å². The second kappa shape index (κ2) is 10.6. The van der Waals surface area contributed by atoms with E-state index in [1.807, 2.05) is 46.8 Å². The molecule has 0 saturated heterocycles. The quantitative estimate of drug-likeness (QED) is 0.559. The lowest BCUT2D eigenvalue weighted by Gasteiger charge is -2.14. The number of carbonyl (C=O) groups is 3. The second-order valence-corrected chi connectivity index (χ2v) is 8.37. The van der Waals surface area contributed by atoms with Crippen molar-refractivity contribution in [2.24, 2.45) is 11.8 Å². The van der Waals surface area contributed by atoms with Gasteiger partial charge < -0.3 is 16.0 Å². The SMILES string of the molecule is Cc1ccc(NC(=O)c2ccc(NC(=O)CC(C)C)cc2)c(NC(=O)CC(C)C)c1. The van der Waals surface area contributed by atoms with Crippen molar-refractivity contribution in [2.75, 3.05) is 16.0 Å². The summed E-state index contributed by atoms with van der Waals surface area (Å²) < 4.78 is 0. The largest absolute Gasteiger partial charge is 0.326 e. The molecule has 0 aliphatic carbocycles. The minimum Gasteiger partial charge on any atom is -0.326 e. The van der Waals surface area contributed by atoms with Gasteiger partial charge in [-0.1, -0.05) is 33.8 Å². The molecular weight excluding hydrogens is 378 g/mol. The van der Waals surface area contributed by atoms with E-state index in [1.165, 1.54) is 0 Å². The third-order valence-electron chi connectivity index (χ3n) is 4.32. The van der Waals surface area contributed by atoms with Gasteiger partial charge in [-0.05, 0) is 60.7 Å². The highest BCUT2D eigenvalue weighted by Crippen LogP contribution is 2.24. The number of aryl methyl sites for hydroxylation is 1. The van der Waals surface area contributed by atoms with Crippen LogP contribution < -0.4 is 16.0 Å². The molecule has 2 aromatic rings. The number of amides is 3. The van der Waals surface area contributed by atoms with Crippen molar-refractivity contribution in [3.8, 4) is 0 Å².